The smallest absolute Gasteiger partial charge is 0.248 e. The summed E-state index contributed by atoms with van der Waals surface area (Å²) in [4.78, 5) is 13.4. The first-order valence-corrected chi connectivity index (χ1v) is 6.99. The first kappa shape index (κ1) is 12.7. The zero-order chi connectivity index (χ0) is 12.3. The zero-order valence-electron chi connectivity index (χ0n) is 9.30. The molecule has 92 valence electrons. The Balaban J connectivity index is 2.21. The quantitative estimate of drug-likeness (QED) is 0.894. The number of hydrogen-bond donors (Lipinski definition) is 1. The van der Waals surface area contributed by atoms with Crippen molar-refractivity contribution in [1.82, 2.24) is 4.90 Å². The summed E-state index contributed by atoms with van der Waals surface area (Å²) < 4.78 is 0. The van der Waals surface area contributed by atoms with Crippen molar-refractivity contribution in [2.45, 2.75) is 6.04 Å². The average molecular weight is 272 g/mol. The van der Waals surface area contributed by atoms with E-state index in [1.165, 1.54) is 0 Å². The Morgan fingerprint density at radius 3 is 2.82 bits per heavy atom. The summed E-state index contributed by atoms with van der Waals surface area (Å²) in [6.07, 6.45) is 0. The van der Waals surface area contributed by atoms with Crippen LogP contribution in [-0.4, -0.2) is 40.6 Å². The van der Waals surface area contributed by atoms with Gasteiger partial charge in [0.15, 0.2) is 0 Å². The van der Waals surface area contributed by atoms with Gasteiger partial charge in [-0.25, -0.2) is 0 Å². The summed E-state index contributed by atoms with van der Waals surface area (Å²) in [5, 5.41) is 9.67. The molecule has 17 heavy (non-hydrogen) atoms. The second-order valence-corrected chi connectivity index (χ2v) is 5.47. The molecule has 1 aromatic rings. The molecule has 3 nitrogen and oxygen atoms in total. The maximum Gasteiger partial charge on any atom is 0.248 e. The summed E-state index contributed by atoms with van der Waals surface area (Å²) >= 11 is 7.68. The fourth-order valence-corrected chi connectivity index (χ4v) is 3.17. The summed E-state index contributed by atoms with van der Waals surface area (Å²) in [5.41, 5.74) is 1.07. The van der Waals surface area contributed by atoms with E-state index in [1.807, 2.05) is 36.0 Å². The highest BCUT2D eigenvalue weighted by Crippen LogP contribution is 2.30. The number of nitrogens with zero attached hydrogens (tertiary/aromatic N) is 1. The number of hydrogen-bond acceptors (Lipinski definition) is 3. The normalized spacial score (nSPS) is 20.4. The third kappa shape index (κ3) is 2.94. The summed E-state index contributed by atoms with van der Waals surface area (Å²) in [6, 6.07) is 7.59. The molecule has 0 spiro atoms. The van der Waals surface area contributed by atoms with Crippen molar-refractivity contribution >= 4 is 29.3 Å². The summed E-state index contributed by atoms with van der Waals surface area (Å²) in [7, 11) is 0. The van der Waals surface area contributed by atoms with Gasteiger partial charge in [0, 0.05) is 23.1 Å². The van der Waals surface area contributed by atoms with E-state index in [2.05, 4.69) is 0 Å². The minimum atomic E-state index is -0.422. The van der Waals surface area contributed by atoms with Gasteiger partial charge in [0.2, 0.25) is 5.91 Å². The second-order valence-electron chi connectivity index (χ2n) is 3.89. The largest absolute Gasteiger partial charge is 0.387 e. The third-order valence-corrected chi connectivity index (χ3v) is 4.11. The van der Waals surface area contributed by atoms with Gasteiger partial charge in [-0.2, -0.15) is 11.8 Å². The molecule has 0 saturated carbocycles. The molecule has 1 atom stereocenters. The van der Waals surface area contributed by atoms with E-state index in [-0.39, 0.29) is 11.9 Å². The Kier molecular flexibility index (Phi) is 4.31. The van der Waals surface area contributed by atoms with Crippen molar-refractivity contribution in [3.05, 3.63) is 34.9 Å². The minimum Gasteiger partial charge on any atom is -0.387 e. The van der Waals surface area contributed by atoms with E-state index in [4.69, 9.17) is 16.7 Å². The number of thioether (sulfide) groups is 1. The number of carbonyl (C=O) groups excluding carboxylic acids is 1. The SMILES string of the molecule is O=C(CO)N1CCSC[C@@H]1c1ccc(Cl)cc1. The van der Waals surface area contributed by atoms with Gasteiger partial charge in [-0.05, 0) is 17.7 Å². The number of rotatable bonds is 2. The maximum atomic E-state index is 11.7. The molecular formula is C12H14ClNO2S. The molecule has 1 saturated heterocycles. The molecule has 0 aliphatic carbocycles. The summed E-state index contributed by atoms with van der Waals surface area (Å²) in [6.45, 7) is 0.270. The van der Waals surface area contributed by atoms with Crippen molar-refractivity contribution in [3.63, 3.8) is 0 Å². The van der Waals surface area contributed by atoms with E-state index in [0.29, 0.717) is 11.6 Å². The van der Waals surface area contributed by atoms with Crippen LogP contribution in [0.3, 0.4) is 0 Å². The molecule has 5 heteroatoms. The molecule has 0 unspecified atom stereocenters. The van der Waals surface area contributed by atoms with Crippen molar-refractivity contribution in [2.75, 3.05) is 24.7 Å². The standard InChI is InChI=1S/C12H14ClNO2S/c13-10-3-1-9(2-4-10)11-8-17-6-5-14(11)12(16)7-15/h1-4,11,15H,5-8H2/t11-/m1/s1. The number of aliphatic hydroxyl groups excluding tert-OH is 1. The lowest BCUT2D eigenvalue weighted by atomic mass is 10.1. The van der Waals surface area contributed by atoms with Gasteiger partial charge < -0.3 is 10.0 Å². The van der Waals surface area contributed by atoms with Crippen LogP contribution in [0.5, 0.6) is 0 Å². The molecular weight excluding hydrogens is 258 g/mol. The zero-order valence-corrected chi connectivity index (χ0v) is 10.9. The van der Waals surface area contributed by atoms with Crippen LogP contribution in [0.15, 0.2) is 24.3 Å². The molecule has 2 rings (SSSR count). The Morgan fingerprint density at radius 1 is 1.47 bits per heavy atom. The molecule has 1 aliphatic heterocycles. The molecule has 0 bridgehead atoms. The fourth-order valence-electron chi connectivity index (χ4n) is 1.95. The molecule has 1 aliphatic rings. The lowest BCUT2D eigenvalue weighted by Gasteiger charge is -2.35. The van der Waals surface area contributed by atoms with Gasteiger partial charge in [-0.1, -0.05) is 23.7 Å². The van der Waals surface area contributed by atoms with Gasteiger partial charge in [0.1, 0.15) is 6.61 Å². The van der Waals surface area contributed by atoms with Crippen LogP contribution >= 0.6 is 23.4 Å². The number of benzene rings is 1. The third-order valence-electron chi connectivity index (χ3n) is 2.84. The number of aliphatic hydroxyl groups is 1. The monoisotopic (exact) mass is 271 g/mol. The predicted octanol–water partition coefficient (Wildman–Crippen LogP) is 1.95. The van der Waals surface area contributed by atoms with E-state index in [0.717, 1.165) is 17.1 Å². The highest BCUT2D eigenvalue weighted by Gasteiger charge is 2.27. The van der Waals surface area contributed by atoms with Crippen molar-refractivity contribution in [1.29, 1.82) is 0 Å². The molecule has 1 fully saturated rings. The second kappa shape index (κ2) is 5.76. The number of carbonyl (C=O) groups is 1. The molecule has 1 N–H and O–H groups in total. The highest BCUT2D eigenvalue weighted by atomic mass is 35.5. The highest BCUT2D eigenvalue weighted by molar-refractivity contribution is 7.99. The molecule has 0 aromatic heterocycles. The van der Waals surface area contributed by atoms with Crippen molar-refractivity contribution < 1.29 is 9.90 Å². The Morgan fingerprint density at radius 2 is 2.18 bits per heavy atom. The predicted molar refractivity (Wildman–Crippen MR) is 70.3 cm³/mol. The summed E-state index contributed by atoms with van der Waals surface area (Å²) in [5.74, 6) is 1.59. The Hall–Kier alpha value is -0.710. The number of amides is 1. The molecule has 1 heterocycles. The number of halogens is 1. The molecule has 0 radical (unpaired) electrons. The minimum absolute atomic E-state index is 0.0469. The van der Waals surface area contributed by atoms with Crippen LogP contribution in [0.1, 0.15) is 11.6 Å². The van der Waals surface area contributed by atoms with Gasteiger partial charge in [0.05, 0.1) is 6.04 Å². The van der Waals surface area contributed by atoms with Gasteiger partial charge >= 0.3 is 0 Å². The van der Waals surface area contributed by atoms with Crippen molar-refractivity contribution in [3.8, 4) is 0 Å². The van der Waals surface area contributed by atoms with E-state index in [1.54, 1.807) is 4.90 Å². The molecule has 1 amide bonds. The van der Waals surface area contributed by atoms with E-state index >= 15 is 0 Å². The van der Waals surface area contributed by atoms with E-state index in [9.17, 15) is 4.79 Å². The van der Waals surface area contributed by atoms with Gasteiger partial charge in [-0.3, -0.25) is 4.79 Å². The topological polar surface area (TPSA) is 40.5 Å². The van der Waals surface area contributed by atoms with Crippen LogP contribution in [0.25, 0.3) is 0 Å². The van der Waals surface area contributed by atoms with E-state index < -0.39 is 6.61 Å². The average Bonchev–Trinajstić information content (AvgIpc) is 2.39. The van der Waals surface area contributed by atoms with Crippen LogP contribution in [0.2, 0.25) is 5.02 Å². The Bertz CT molecular complexity index is 396. The first-order chi connectivity index (χ1) is 8.22. The maximum absolute atomic E-state index is 11.7. The lowest BCUT2D eigenvalue weighted by Crippen LogP contribution is -2.42. The van der Waals surface area contributed by atoms with Crippen LogP contribution in [-0.2, 0) is 4.79 Å². The van der Waals surface area contributed by atoms with Crippen LogP contribution < -0.4 is 0 Å². The first-order valence-electron chi connectivity index (χ1n) is 5.46. The Labute approximate surface area is 110 Å². The fraction of sp³-hybridized carbons (Fsp3) is 0.417. The van der Waals surface area contributed by atoms with Crippen LogP contribution in [0.4, 0.5) is 0 Å². The van der Waals surface area contributed by atoms with Gasteiger partial charge in [0.25, 0.3) is 0 Å². The van der Waals surface area contributed by atoms with Crippen molar-refractivity contribution in [2.24, 2.45) is 0 Å². The molecule has 1 aromatic carbocycles. The van der Waals surface area contributed by atoms with Gasteiger partial charge in [-0.15, -0.1) is 0 Å². The lowest BCUT2D eigenvalue weighted by molar-refractivity contribution is -0.136. The van der Waals surface area contributed by atoms with Crippen LogP contribution in [0, 0.1) is 0 Å².